The Kier molecular flexibility index (Phi) is 3.96. The van der Waals surface area contributed by atoms with Gasteiger partial charge in [-0.3, -0.25) is 4.79 Å². The Bertz CT molecular complexity index is 654. The topological polar surface area (TPSA) is 37.3 Å². The van der Waals surface area contributed by atoms with E-state index in [2.05, 4.69) is 24.3 Å². The molecule has 1 atom stereocenters. The van der Waals surface area contributed by atoms with Crippen molar-refractivity contribution in [2.45, 2.75) is 50.9 Å². The van der Waals surface area contributed by atoms with Gasteiger partial charge >= 0.3 is 5.97 Å². The van der Waals surface area contributed by atoms with E-state index in [9.17, 15) is 9.90 Å². The summed E-state index contributed by atoms with van der Waals surface area (Å²) in [5.74, 6) is -0.585. The van der Waals surface area contributed by atoms with Gasteiger partial charge < -0.3 is 5.11 Å². The Labute approximate surface area is 125 Å². The summed E-state index contributed by atoms with van der Waals surface area (Å²) in [6, 6.07) is 12.5. The average molecular weight is 282 g/mol. The standard InChI is InChI=1S/C19H22O2/c1-13(19(20)21)15-11-12-16(14-7-3-2-4-8-14)18-10-6-5-9-17(15)18/h5-6,9-14H,2-4,7-8H2,1H3,(H,20,21)/t13-/m0/s1. The van der Waals surface area contributed by atoms with Crippen molar-refractivity contribution in [3.05, 3.63) is 47.5 Å². The summed E-state index contributed by atoms with van der Waals surface area (Å²) >= 11 is 0. The molecule has 21 heavy (non-hydrogen) atoms. The van der Waals surface area contributed by atoms with Gasteiger partial charge in [-0.1, -0.05) is 55.7 Å². The largest absolute Gasteiger partial charge is 0.481 e. The maximum Gasteiger partial charge on any atom is 0.310 e. The van der Waals surface area contributed by atoms with E-state index >= 15 is 0 Å². The van der Waals surface area contributed by atoms with Gasteiger partial charge in [-0.25, -0.2) is 0 Å². The van der Waals surface area contributed by atoms with Crippen LogP contribution in [0.15, 0.2) is 36.4 Å². The number of hydrogen-bond donors (Lipinski definition) is 1. The lowest BCUT2D eigenvalue weighted by Crippen LogP contribution is -2.10. The Morgan fingerprint density at radius 2 is 1.71 bits per heavy atom. The monoisotopic (exact) mass is 282 g/mol. The third-order valence-electron chi connectivity index (χ3n) is 4.87. The first kappa shape index (κ1) is 14.1. The van der Waals surface area contributed by atoms with Gasteiger partial charge in [0, 0.05) is 0 Å². The lowest BCUT2D eigenvalue weighted by atomic mass is 9.80. The summed E-state index contributed by atoms with van der Waals surface area (Å²) in [4.78, 5) is 11.3. The van der Waals surface area contributed by atoms with Crippen LogP contribution in [0.5, 0.6) is 0 Å². The zero-order valence-electron chi connectivity index (χ0n) is 12.5. The molecule has 2 aromatic carbocycles. The fraction of sp³-hybridized carbons (Fsp3) is 0.421. The Balaban J connectivity index is 2.12. The molecule has 0 unspecified atom stereocenters. The van der Waals surface area contributed by atoms with E-state index in [1.807, 2.05) is 12.1 Å². The highest BCUT2D eigenvalue weighted by Gasteiger charge is 2.21. The summed E-state index contributed by atoms with van der Waals surface area (Å²) in [5, 5.41) is 11.7. The van der Waals surface area contributed by atoms with Crippen LogP contribution < -0.4 is 0 Å². The van der Waals surface area contributed by atoms with E-state index < -0.39 is 11.9 Å². The van der Waals surface area contributed by atoms with Gasteiger partial charge in [0.15, 0.2) is 0 Å². The second kappa shape index (κ2) is 5.88. The summed E-state index contributed by atoms with van der Waals surface area (Å²) in [6.45, 7) is 1.77. The zero-order chi connectivity index (χ0) is 14.8. The maximum atomic E-state index is 11.3. The fourth-order valence-electron chi connectivity index (χ4n) is 3.63. The highest BCUT2D eigenvalue weighted by Crippen LogP contribution is 2.38. The maximum absolute atomic E-state index is 11.3. The number of carboxylic acids is 1. The van der Waals surface area contributed by atoms with Crippen LogP contribution in [-0.4, -0.2) is 11.1 Å². The molecule has 0 saturated heterocycles. The Morgan fingerprint density at radius 3 is 2.38 bits per heavy atom. The molecule has 1 saturated carbocycles. The molecule has 110 valence electrons. The highest BCUT2D eigenvalue weighted by molar-refractivity contribution is 5.93. The van der Waals surface area contributed by atoms with Gasteiger partial charge in [0.25, 0.3) is 0 Å². The first-order chi connectivity index (χ1) is 10.2. The van der Waals surface area contributed by atoms with E-state index in [0.717, 1.165) is 10.9 Å². The first-order valence-corrected chi connectivity index (χ1v) is 7.93. The predicted octanol–water partition coefficient (Wildman–Crippen LogP) is 5.08. The Morgan fingerprint density at radius 1 is 1.05 bits per heavy atom. The van der Waals surface area contributed by atoms with E-state index in [1.54, 1.807) is 6.92 Å². The molecule has 0 amide bonds. The predicted molar refractivity (Wildman–Crippen MR) is 85.8 cm³/mol. The van der Waals surface area contributed by atoms with E-state index in [1.165, 1.54) is 43.1 Å². The summed E-state index contributed by atoms with van der Waals surface area (Å²) in [5.41, 5.74) is 2.34. The molecule has 0 bridgehead atoms. The third kappa shape index (κ3) is 2.67. The van der Waals surface area contributed by atoms with Crippen molar-refractivity contribution in [2.24, 2.45) is 0 Å². The Hall–Kier alpha value is -1.83. The molecule has 2 heteroatoms. The van der Waals surface area contributed by atoms with E-state index in [-0.39, 0.29) is 0 Å². The van der Waals surface area contributed by atoms with Crippen LogP contribution in [0.25, 0.3) is 10.8 Å². The molecule has 1 aliphatic carbocycles. The van der Waals surface area contributed by atoms with Crippen LogP contribution in [0.2, 0.25) is 0 Å². The molecule has 0 heterocycles. The van der Waals surface area contributed by atoms with Crippen molar-refractivity contribution in [1.82, 2.24) is 0 Å². The normalized spacial score (nSPS) is 17.8. The first-order valence-electron chi connectivity index (χ1n) is 7.93. The van der Waals surface area contributed by atoms with Crippen LogP contribution in [0.3, 0.4) is 0 Å². The molecular weight excluding hydrogens is 260 g/mol. The van der Waals surface area contributed by atoms with Crippen molar-refractivity contribution in [1.29, 1.82) is 0 Å². The quantitative estimate of drug-likeness (QED) is 0.852. The number of aliphatic carboxylic acids is 1. The van der Waals surface area contributed by atoms with Crippen molar-refractivity contribution in [2.75, 3.05) is 0 Å². The highest BCUT2D eigenvalue weighted by atomic mass is 16.4. The lowest BCUT2D eigenvalue weighted by Gasteiger charge is -2.24. The SMILES string of the molecule is C[C@H](C(=O)O)c1ccc(C2CCCCC2)c2ccccc12. The van der Waals surface area contributed by atoms with Gasteiger partial charge in [0.05, 0.1) is 5.92 Å². The summed E-state index contributed by atoms with van der Waals surface area (Å²) < 4.78 is 0. The molecule has 3 rings (SSSR count). The number of carboxylic acid groups (broad SMARTS) is 1. The number of carbonyl (C=O) groups is 1. The molecule has 0 spiro atoms. The van der Waals surface area contributed by atoms with Crippen LogP contribution in [0.4, 0.5) is 0 Å². The molecule has 0 aliphatic heterocycles. The number of hydrogen-bond acceptors (Lipinski definition) is 1. The summed E-state index contributed by atoms with van der Waals surface area (Å²) in [6.07, 6.45) is 6.50. The van der Waals surface area contributed by atoms with Gasteiger partial charge in [0.2, 0.25) is 0 Å². The number of rotatable bonds is 3. The van der Waals surface area contributed by atoms with Gasteiger partial charge in [-0.05, 0) is 47.6 Å². The molecule has 1 aliphatic rings. The van der Waals surface area contributed by atoms with Crippen molar-refractivity contribution >= 4 is 16.7 Å². The van der Waals surface area contributed by atoms with Crippen LogP contribution in [-0.2, 0) is 4.79 Å². The molecule has 2 nitrogen and oxygen atoms in total. The second-order valence-electron chi connectivity index (χ2n) is 6.18. The van der Waals surface area contributed by atoms with Crippen LogP contribution in [0, 0.1) is 0 Å². The molecule has 2 aromatic rings. The van der Waals surface area contributed by atoms with E-state index in [4.69, 9.17) is 0 Å². The number of fused-ring (bicyclic) bond motifs is 1. The van der Waals surface area contributed by atoms with E-state index in [0.29, 0.717) is 5.92 Å². The van der Waals surface area contributed by atoms with Crippen LogP contribution >= 0.6 is 0 Å². The minimum absolute atomic E-state index is 0.463. The summed E-state index contributed by atoms with van der Waals surface area (Å²) in [7, 11) is 0. The van der Waals surface area contributed by atoms with Crippen molar-refractivity contribution in [3.8, 4) is 0 Å². The minimum atomic E-state index is -0.759. The second-order valence-corrected chi connectivity index (χ2v) is 6.18. The molecule has 1 N–H and O–H groups in total. The van der Waals surface area contributed by atoms with Crippen LogP contribution in [0.1, 0.15) is 62.0 Å². The van der Waals surface area contributed by atoms with Gasteiger partial charge in [-0.15, -0.1) is 0 Å². The van der Waals surface area contributed by atoms with Gasteiger partial charge in [0.1, 0.15) is 0 Å². The van der Waals surface area contributed by atoms with Crippen molar-refractivity contribution in [3.63, 3.8) is 0 Å². The third-order valence-corrected chi connectivity index (χ3v) is 4.87. The lowest BCUT2D eigenvalue weighted by molar-refractivity contribution is -0.138. The van der Waals surface area contributed by atoms with Gasteiger partial charge in [-0.2, -0.15) is 0 Å². The molecule has 0 radical (unpaired) electrons. The fourth-order valence-corrected chi connectivity index (χ4v) is 3.63. The molecular formula is C19H22O2. The zero-order valence-corrected chi connectivity index (χ0v) is 12.5. The minimum Gasteiger partial charge on any atom is -0.481 e. The molecule has 1 fully saturated rings. The smallest absolute Gasteiger partial charge is 0.310 e. The average Bonchev–Trinajstić information content (AvgIpc) is 2.54. The number of benzene rings is 2. The molecule has 0 aromatic heterocycles. The van der Waals surface area contributed by atoms with Crippen molar-refractivity contribution < 1.29 is 9.90 Å².